The number of likely N-dealkylation sites (tertiary alicyclic amines) is 1. The van der Waals surface area contributed by atoms with Crippen molar-refractivity contribution in [3.05, 3.63) is 0 Å². The van der Waals surface area contributed by atoms with Gasteiger partial charge < -0.3 is 15.3 Å². The van der Waals surface area contributed by atoms with E-state index in [2.05, 4.69) is 5.32 Å². The van der Waals surface area contributed by atoms with Gasteiger partial charge in [0, 0.05) is 19.6 Å². The minimum Gasteiger partial charge on any atom is -0.481 e. The monoisotopic (exact) mass is 280 g/mol. The first-order valence-electron chi connectivity index (χ1n) is 7.89. The second-order valence-electron chi connectivity index (χ2n) is 6.74. The lowest BCUT2D eigenvalue weighted by Gasteiger charge is -2.31. The largest absolute Gasteiger partial charge is 0.481 e. The lowest BCUT2D eigenvalue weighted by atomic mass is 9.89. The molecule has 3 unspecified atom stereocenters. The average molecular weight is 280 g/mol. The normalized spacial score (nSPS) is 36.1. The van der Waals surface area contributed by atoms with Crippen molar-refractivity contribution < 1.29 is 14.7 Å². The van der Waals surface area contributed by atoms with E-state index in [1.165, 1.54) is 25.7 Å². The number of nitrogens with zero attached hydrogens (tertiary/aromatic N) is 1. The summed E-state index contributed by atoms with van der Waals surface area (Å²) in [5, 5.41) is 12.1. The highest BCUT2D eigenvalue weighted by Crippen LogP contribution is 2.47. The number of amides is 2. The third-order valence-corrected chi connectivity index (χ3v) is 5.46. The second-order valence-corrected chi connectivity index (χ2v) is 6.74. The van der Waals surface area contributed by atoms with Crippen LogP contribution < -0.4 is 5.32 Å². The van der Waals surface area contributed by atoms with E-state index >= 15 is 0 Å². The van der Waals surface area contributed by atoms with E-state index in [9.17, 15) is 9.59 Å². The van der Waals surface area contributed by atoms with E-state index in [0.717, 1.165) is 24.8 Å². The van der Waals surface area contributed by atoms with E-state index in [1.807, 2.05) is 0 Å². The standard InChI is InChI=1S/C15H24N2O3/c18-14(19)12-2-1-5-17(9-12)15(20)16-8-13-7-10-3-4-11(13)6-10/h10-13H,1-9H2,(H,16,20)(H,18,19)/t10?,11?,12-,13?/m1/s1. The van der Waals surface area contributed by atoms with Gasteiger partial charge >= 0.3 is 12.0 Å². The van der Waals surface area contributed by atoms with Gasteiger partial charge in [-0.15, -0.1) is 0 Å². The lowest BCUT2D eigenvalue weighted by molar-refractivity contribution is -0.143. The highest BCUT2D eigenvalue weighted by atomic mass is 16.4. The molecule has 1 aliphatic heterocycles. The van der Waals surface area contributed by atoms with E-state index in [4.69, 9.17) is 5.11 Å². The zero-order chi connectivity index (χ0) is 14.1. The van der Waals surface area contributed by atoms with Crippen LogP contribution in [0.25, 0.3) is 0 Å². The summed E-state index contributed by atoms with van der Waals surface area (Å²) in [5.74, 6) is 1.19. The number of carbonyl (C=O) groups is 2. The summed E-state index contributed by atoms with van der Waals surface area (Å²) in [6, 6.07) is -0.0706. The van der Waals surface area contributed by atoms with Crippen LogP contribution in [0.3, 0.4) is 0 Å². The van der Waals surface area contributed by atoms with E-state index in [-0.39, 0.29) is 6.03 Å². The molecule has 1 saturated heterocycles. The molecular formula is C15H24N2O3. The molecule has 0 aromatic heterocycles. The maximum Gasteiger partial charge on any atom is 0.317 e. The van der Waals surface area contributed by atoms with Crippen LogP contribution in [0.5, 0.6) is 0 Å². The Labute approximate surface area is 119 Å². The van der Waals surface area contributed by atoms with Gasteiger partial charge in [-0.3, -0.25) is 4.79 Å². The minimum atomic E-state index is -0.782. The Kier molecular flexibility index (Phi) is 3.85. The van der Waals surface area contributed by atoms with Crippen LogP contribution in [0.15, 0.2) is 0 Å². The molecule has 0 aromatic carbocycles. The summed E-state index contributed by atoms with van der Waals surface area (Å²) in [7, 11) is 0. The molecule has 112 valence electrons. The maximum absolute atomic E-state index is 12.2. The van der Waals surface area contributed by atoms with E-state index < -0.39 is 11.9 Å². The van der Waals surface area contributed by atoms with Crippen molar-refractivity contribution in [2.45, 2.75) is 38.5 Å². The van der Waals surface area contributed by atoms with Gasteiger partial charge in [-0.1, -0.05) is 6.42 Å². The number of hydrogen-bond acceptors (Lipinski definition) is 2. The predicted octanol–water partition coefficient (Wildman–Crippen LogP) is 1.93. The zero-order valence-electron chi connectivity index (χ0n) is 11.9. The summed E-state index contributed by atoms with van der Waals surface area (Å²) in [4.78, 5) is 24.8. The van der Waals surface area contributed by atoms with Crippen LogP contribution in [0.2, 0.25) is 0 Å². The maximum atomic E-state index is 12.2. The molecule has 3 fully saturated rings. The van der Waals surface area contributed by atoms with Crippen LogP contribution in [0.1, 0.15) is 38.5 Å². The van der Waals surface area contributed by atoms with Crippen molar-refractivity contribution in [2.24, 2.45) is 23.7 Å². The average Bonchev–Trinajstić information content (AvgIpc) is 3.07. The number of fused-ring (bicyclic) bond motifs is 2. The molecule has 3 rings (SSSR count). The quantitative estimate of drug-likeness (QED) is 0.830. The van der Waals surface area contributed by atoms with Gasteiger partial charge in [0.1, 0.15) is 0 Å². The third kappa shape index (κ3) is 2.76. The summed E-state index contributed by atoms with van der Waals surface area (Å²) in [6.07, 6.45) is 6.80. The topological polar surface area (TPSA) is 69.6 Å². The molecule has 4 atom stereocenters. The molecule has 20 heavy (non-hydrogen) atoms. The first-order valence-corrected chi connectivity index (χ1v) is 7.89. The molecule has 0 radical (unpaired) electrons. The zero-order valence-corrected chi connectivity index (χ0v) is 11.9. The number of carboxylic acids is 1. The second kappa shape index (κ2) is 5.62. The third-order valence-electron chi connectivity index (χ3n) is 5.46. The van der Waals surface area contributed by atoms with Gasteiger partial charge in [-0.05, 0) is 49.9 Å². The Hall–Kier alpha value is -1.26. The van der Waals surface area contributed by atoms with Crippen LogP contribution in [-0.4, -0.2) is 41.6 Å². The van der Waals surface area contributed by atoms with Gasteiger partial charge in [0.2, 0.25) is 0 Å². The molecule has 3 aliphatic rings. The van der Waals surface area contributed by atoms with E-state index in [0.29, 0.717) is 25.4 Å². The van der Waals surface area contributed by atoms with Crippen molar-refractivity contribution in [1.29, 1.82) is 0 Å². The smallest absolute Gasteiger partial charge is 0.317 e. The highest BCUT2D eigenvalue weighted by Gasteiger charge is 2.39. The Balaban J connectivity index is 1.45. The van der Waals surface area contributed by atoms with Gasteiger partial charge in [0.25, 0.3) is 0 Å². The molecular weight excluding hydrogens is 256 g/mol. The number of nitrogens with one attached hydrogen (secondary N) is 1. The fourth-order valence-corrected chi connectivity index (χ4v) is 4.32. The van der Waals surface area contributed by atoms with Gasteiger partial charge in [0.15, 0.2) is 0 Å². The van der Waals surface area contributed by atoms with E-state index in [1.54, 1.807) is 4.90 Å². The summed E-state index contributed by atoms with van der Waals surface area (Å²) in [5.41, 5.74) is 0. The number of piperidine rings is 1. The molecule has 1 heterocycles. The van der Waals surface area contributed by atoms with Crippen molar-refractivity contribution in [3.8, 4) is 0 Å². The first-order chi connectivity index (χ1) is 9.63. The number of carbonyl (C=O) groups excluding carboxylic acids is 1. The van der Waals surface area contributed by atoms with Crippen molar-refractivity contribution in [2.75, 3.05) is 19.6 Å². The molecule has 2 bridgehead atoms. The molecule has 0 aromatic rings. The summed E-state index contributed by atoms with van der Waals surface area (Å²) in [6.45, 7) is 1.82. The molecule has 2 N–H and O–H groups in total. The number of hydrogen-bond donors (Lipinski definition) is 2. The molecule has 0 spiro atoms. The predicted molar refractivity (Wildman–Crippen MR) is 74.3 cm³/mol. The molecule has 2 saturated carbocycles. The van der Waals surface area contributed by atoms with Crippen molar-refractivity contribution in [1.82, 2.24) is 10.2 Å². The number of aliphatic carboxylic acids is 1. The Morgan fingerprint density at radius 3 is 2.70 bits per heavy atom. The fourth-order valence-electron chi connectivity index (χ4n) is 4.32. The van der Waals surface area contributed by atoms with Crippen LogP contribution >= 0.6 is 0 Å². The van der Waals surface area contributed by atoms with Crippen molar-refractivity contribution in [3.63, 3.8) is 0 Å². The van der Waals surface area contributed by atoms with Gasteiger partial charge in [-0.25, -0.2) is 4.79 Å². The molecule has 2 amide bonds. The van der Waals surface area contributed by atoms with Gasteiger partial charge in [-0.2, -0.15) is 0 Å². The Morgan fingerprint density at radius 2 is 2.05 bits per heavy atom. The van der Waals surface area contributed by atoms with Crippen LogP contribution in [-0.2, 0) is 4.79 Å². The van der Waals surface area contributed by atoms with Gasteiger partial charge in [0.05, 0.1) is 5.92 Å². The van der Waals surface area contributed by atoms with Crippen molar-refractivity contribution >= 4 is 12.0 Å². The Morgan fingerprint density at radius 1 is 1.20 bits per heavy atom. The van der Waals surface area contributed by atoms with Crippen LogP contribution in [0.4, 0.5) is 4.79 Å². The molecule has 5 nitrogen and oxygen atoms in total. The number of urea groups is 1. The fraction of sp³-hybridized carbons (Fsp3) is 0.867. The van der Waals surface area contributed by atoms with Crippen LogP contribution in [0, 0.1) is 23.7 Å². The lowest BCUT2D eigenvalue weighted by Crippen LogP contribution is -2.48. The molecule has 5 heteroatoms. The SMILES string of the molecule is O=C(O)[C@@H]1CCCN(C(=O)NCC2CC3CCC2C3)C1. The highest BCUT2D eigenvalue weighted by molar-refractivity contribution is 5.76. The first kappa shape index (κ1) is 13.7. The number of carboxylic acid groups (broad SMARTS) is 1. The minimum absolute atomic E-state index is 0.0706. The summed E-state index contributed by atoms with van der Waals surface area (Å²) < 4.78 is 0. The Bertz CT molecular complexity index is 399. The summed E-state index contributed by atoms with van der Waals surface area (Å²) >= 11 is 0. The number of rotatable bonds is 3. The molecule has 2 aliphatic carbocycles.